The highest BCUT2D eigenvalue weighted by Crippen LogP contribution is 2.39. The Kier molecular flexibility index (Phi) is 4.64. The molecule has 3 nitrogen and oxygen atoms in total. The number of aromatic nitrogens is 1. The molecule has 2 atom stereocenters. The first kappa shape index (κ1) is 14.9. The second-order valence-electron chi connectivity index (χ2n) is 6.50. The third-order valence-electron chi connectivity index (χ3n) is 4.52. The van der Waals surface area contributed by atoms with Crippen LogP contribution >= 0.6 is 11.3 Å². The number of thiazole rings is 1. The lowest BCUT2D eigenvalue weighted by atomic mass is 9.71. The smallest absolute Gasteiger partial charge is 0.0897 e. The normalized spacial score (nSPS) is 31.9. The van der Waals surface area contributed by atoms with Gasteiger partial charge in [0.2, 0.25) is 0 Å². The number of nitrogens with two attached hydrogens (primary N) is 1. The molecule has 19 heavy (non-hydrogen) atoms. The van der Waals surface area contributed by atoms with Crippen molar-refractivity contribution in [2.24, 2.45) is 17.6 Å². The van der Waals surface area contributed by atoms with Crippen molar-refractivity contribution < 1.29 is 0 Å². The largest absolute Gasteiger partial charge is 0.329 e. The van der Waals surface area contributed by atoms with Crippen LogP contribution in [0.2, 0.25) is 0 Å². The van der Waals surface area contributed by atoms with Crippen molar-refractivity contribution in [3.8, 4) is 0 Å². The highest BCUT2D eigenvalue weighted by Gasteiger charge is 2.40. The molecule has 1 heterocycles. The predicted molar refractivity (Wildman–Crippen MR) is 82.3 cm³/mol. The molecule has 2 rings (SSSR count). The summed E-state index contributed by atoms with van der Waals surface area (Å²) in [5, 5.41) is 3.32. The molecule has 1 aromatic heterocycles. The molecule has 0 amide bonds. The first-order valence-electron chi connectivity index (χ1n) is 7.27. The molecule has 0 saturated heterocycles. The lowest BCUT2D eigenvalue weighted by Crippen LogP contribution is -2.55. The summed E-state index contributed by atoms with van der Waals surface area (Å²) in [5.74, 6) is 1.54. The van der Waals surface area contributed by atoms with E-state index >= 15 is 0 Å². The molecule has 0 aromatic carbocycles. The van der Waals surface area contributed by atoms with Gasteiger partial charge in [-0.15, -0.1) is 11.3 Å². The van der Waals surface area contributed by atoms with Crippen LogP contribution < -0.4 is 5.73 Å². The van der Waals surface area contributed by atoms with Gasteiger partial charge in [-0.1, -0.05) is 13.8 Å². The van der Waals surface area contributed by atoms with Gasteiger partial charge in [0.25, 0.3) is 0 Å². The highest BCUT2D eigenvalue weighted by molar-refractivity contribution is 7.09. The summed E-state index contributed by atoms with van der Waals surface area (Å²) >= 11 is 1.73. The third-order valence-corrected chi connectivity index (χ3v) is 5.34. The number of hydrogen-bond acceptors (Lipinski definition) is 4. The summed E-state index contributed by atoms with van der Waals surface area (Å²) in [4.78, 5) is 7.04. The van der Waals surface area contributed by atoms with Gasteiger partial charge in [-0.2, -0.15) is 0 Å². The fraction of sp³-hybridized carbons (Fsp3) is 0.800. The van der Waals surface area contributed by atoms with Crippen LogP contribution in [0.25, 0.3) is 0 Å². The first-order chi connectivity index (χ1) is 8.95. The van der Waals surface area contributed by atoms with Gasteiger partial charge in [0, 0.05) is 24.0 Å². The van der Waals surface area contributed by atoms with Crippen molar-refractivity contribution in [3.05, 3.63) is 16.1 Å². The summed E-state index contributed by atoms with van der Waals surface area (Å²) in [6.45, 7) is 8.46. The van der Waals surface area contributed by atoms with Crippen LogP contribution in [-0.4, -0.2) is 29.0 Å². The van der Waals surface area contributed by atoms with Gasteiger partial charge in [0.1, 0.15) is 0 Å². The molecule has 0 spiro atoms. The molecule has 108 valence electrons. The molecule has 1 aliphatic rings. The fourth-order valence-corrected chi connectivity index (χ4v) is 4.36. The van der Waals surface area contributed by atoms with Gasteiger partial charge in [-0.3, -0.25) is 4.90 Å². The maximum absolute atomic E-state index is 6.16. The van der Waals surface area contributed by atoms with Gasteiger partial charge in [-0.25, -0.2) is 4.98 Å². The molecule has 2 N–H and O–H groups in total. The Morgan fingerprint density at radius 1 is 1.42 bits per heavy atom. The minimum absolute atomic E-state index is 0.161. The second kappa shape index (κ2) is 5.90. The molecule has 1 saturated carbocycles. The Bertz CT molecular complexity index is 405. The maximum atomic E-state index is 6.16. The van der Waals surface area contributed by atoms with Crippen molar-refractivity contribution in [2.75, 3.05) is 13.6 Å². The van der Waals surface area contributed by atoms with Crippen molar-refractivity contribution in [1.29, 1.82) is 0 Å². The molecule has 4 heteroatoms. The Morgan fingerprint density at radius 3 is 2.53 bits per heavy atom. The fourth-order valence-electron chi connectivity index (χ4n) is 3.76. The molecule has 1 aromatic rings. The van der Waals surface area contributed by atoms with Gasteiger partial charge >= 0.3 is 0 Å². The average molecular weight is 281 g/mol. The summed E-state index contributed by atoms with van der Waals surface area (Å²) in [7, 11) is 2.21. The van der Waals surface area contributed by atoms with E-state index in [9.17, 15) is 0 Å². The van der Waals surface area contributed by atoms with E-state index in [2.05, 4.69) is 43.1 Å². The number of likely N-dealkylation sites (N-methyl/N-ethyl adjacent to an activating group) is 1. The average Bonchev–Trinajstić information content (AvgIpc) is 2.73. The Balaban J connectivity index is 2.11. The third kappa shape index (κ3) is 3.36. The van der Waals surface area contributed by atoms with E-state index in [0.717, 1.165) is 29.9 Å². The van der Waals surface area contributed by atoms with Crippen LogP contribution in [0.5, 0.6) is 0 Å². The monoisotopic (exact) mass is 281 g/mol. The quantitative estimate of drug-likeness (QED) is 0.922. The lowest BCUT2D eigenvalue weighted by molar-refractivity contribution is 0.0326. The standard InChI is InChI=1S/C15H27N3S/c1-11-5-12(2)7-15(6-11,10-16)18(4)8-14-9-19-13(3)17-14/h9,11-12H,5-8,10,16H2,1-4H3. The molecule has 0 bridgehead atoms. The van der Waals surface area contributed by atoms with Gasteiger partial charge in [0.15, 0.2) is 0 Å². The summed E-state index contributed by atoms with van der Waals surface area (Å²) < 4.78 is 0. The Hall–Kier alpha value is -0.450. The molecule has 2 unspecified atom stereocenters. The zero-order chi connectivity index (χ0) is 14.0. The van der Waals surface area contributed by atoms with Gasteiger partial charge in [0.05, 0.1) is 10.7 Å². The van der Waals surface area contributed by atoms with Gasteiger partial charge < -0.3 is 5.73 Å². The molecule has 0 aliphatic heterocycles. The van der Waals surface area contributed by atoms with Crippen molar-refractivity contribution >= 4 is 11.3 Å². The van der Waals surface area contributed by atoms with E-state index in [-0.39, 0.29) is 5.54 Å². The van der Waals surface area contributed by atoms with E-state index < -0.39 is 0 Å². The minimum atomic E-state index is 0.161. The van der Waals surface area contributed by atoms with Crippen LogP contribution in [-0.2, 0) is 6.54 Å². The van der Waals surface area contributed by atoms with E-state index in [0.29, 0.717) is 0 Å². The van der Waals surface area contributed by atoms with Crippen LogP contribution in [0.15, 0.2) is 5.38 Å². The lowest BCUT2D eigenvalue weighted by Gasteiger charge is -2.48. The highest BCUT2D eigenvalue weighted by atomic mass is 32.1. The maximum Gasteiger partial charge on any atom is 0.0897 e. The Morgan fingerprint density at radius 2 is 2.05 bits per heavy atom. The summed E-state index contributed by atoms with van der Waals surface area (Å²) in [6, 6.07) is 0. The van der Waals surface area contributed by atoms with E-state index in [1.165, 1.54) is 25.0 Å². The van der Waals surface area contributed by atoms with Crippen LogP contribution in [0, 0.1) is 18.8 Å². The number of rotatable bonds is 4. The van der Waals surface area contributed by atoms with Crippen LogP contribution in [0.3, 0.4) is 0 Å². The minimum Gasteiger partial charge on any atom is -0.329 e. The molecular formula is C15H27N3S. The van der Waals surface area contributed by atoms with Crippen molar-refractivity contribution in [2.45, 2.75) is 52.1 Å². The van der Waals surface area contributed by atoms with Crippen molar-refractivity contribution in [3.63, 3.8) is 0 Å². The van der Waals surface area contributed by atoms with E-state index in [4.69, 9.17) is 5.73 Å². The molecule has 0 radical (unpaired) electrons. The number of aryl methyl sites for hydroxylation is 1. The topological polar surface area (TPSA) is 42.2 Å². The van der Waals surface area contributed by atoms with Crippen LogP contribution in [0.1, 0.15) is 43.8 Å². The zero-order valence-electron chi connectivity index (χ0n) is 12.6. The Labute approximate surface area is 121 Å². The first-order valence-corrected chi connectivity index (χ1v) is 8.15. The van der Waals surface area contributed by atoms with Crippen LogP contribution in [0.4, 0.5) is 0 Å². The molecule has 1 fully saturated rings. The van der Waals surface area contributed by atoms with E-state index in [1.54, 1.807) is 11.3 Å². The predicted octanol–water partition coefficient (Wildman–Crippen LogP) is 3.04. The SMILES string of the molecule is Cc1nc(CN(C)C2(CN)CC(C)CC(C)C2)cs1. The van der Waals surface area contributed by atoms with Crippen molar-refractivity contribution in [1.82, 2.24) is 9.88 Å². The summed E-state index contributed by atoms with van der Waals surface area (Å²) in [5.41, 5.74) is 7.51. The number of hydrogen-bond donors (Lipinski definition) is 1. The number of nitrogens with zero attached hydrogens (tertiary/aromatic N) is 2. The summed E-state index contributed by atoms with van der Waals surface area (Å²) in [6.07, 6.45) is 3.77. The molecular weight excluding hydrogens is 254 g/mol. The van der Waals surface area contributed by atoms with E-state index in [1.807, 2.05) is 0 Å². The van der Waals surface area contributed by atoms with Gasteiger partial charge in [-0.05, 0) is 45.1 Å². The second-order valence-corrected chi connectivity index (χ2v) is 7.56. The zero-order valence-corrected chi connectivity index (χ0v) is 13.5. The molecule has 1 aliphatic carbocycles.